The van der Waals surface area contributed by atoms with Crippen molar-refractivity contribution in [1.29, 1.82) is 0 Å². The van der Waals surface area contributed by atoms with Crippen molar-refractivity contribution in [2.75, 3.05) is 12.4 Å². The average molecular weight is 366 g/mol. The van der Waals surface area contributed by atoms with Gasteiger partial charge >= 0.3 is 0 Å². The van der Waals surface area contributed by atoms with Gasteiger partial charge in [-0.05, 0) is 44.9 Å². The molecule has 0 unspecified atom stereocenters. The summed E-state index contributed by atoms with van der Waals surface area (Å²) in [6, 6.07) is 0. The summed E-state index contributed by atoms with van der Waals surface area (Å²) in [6.45, 7) is 2.80. The number of rotatable bonds is 16. The molecular formula is C22H36ClNO. The summed E-state index contributed by atoms with van der Waals surface area (Å²) in [4.78, 5) is 11.3. The Morgan fingerprint density at radius 3 is 1.84 bits per heavy atom. The fourth-order valence-corrected chi connectivity index (χ4v) is 2.31. The van der Waals surface area contributed by atoms with E-state index in [4.69, 9.17) is 11.6 Å². The number of halogens is 1. The minimum absolute atomic E-state index is 0.0940. The van der Waals surface area contributed by atoms with Gasteiger partial charge in [-0.3, -0.25) is 4.79 Å². The number of hydrogen-bond acceptors (Lipinski definition) is 1. The Morgan fingerprint density at radius 2 is 1.32 bits per heavy atom. The SMILES string of the molecule is CCCCC/C=C/C/C=C/C/C=C/C/C=C/CCCC(=O)NCCCl. The van der Waals surface area contributed by atoms with Crippen molar-refractivity contribution in [2.24, 2.45) is 0 Å². The number of amides is 1. The van der Waals surface area contributed by atoms with Gasteiger partial charge in [-0.1, -0.05) is 68.4 Å². The monoisotopic (exact) mass is 365 g/mol. The Bertz CT molecular complexity index is 410. The number of carbonyl (C=O) groups is 1. The van der Waals surface area contributed by atoms with Crippen molar-refractivity contribution in [3.05, 3.63) is 48.6 Å². The third-order valence-electron chi connectivity index (χ3n) is 3.65. The van der Waals surface area contributed by atoms with Crippen LogP contribution in [0.15, 0.2) is 48.6 Å². The summed E-state index contributed by atoms with van der Waals surface area (Å²) in [6.07, 6.45) is 28.3. The van der Waals surface area contributed by atoms with E-state index in [0.29, 0.717) is 18.8 Å². The summed E-state index contributed by atoms with van der Waals surface area (Å²) in [5.74, 6) is 0.569. The van der Waals surface area contributed by atoms with Crippen molar-refractivity contribution in [3.8, 4) is 0 Å². The standard InChI is InChI=1S/C22H36ClNO/c1-2-3-4-5-6-7-8-9-10-11-12-13-14-15-16-17-18-19-22(25)24-21-20-23/h6-7,9-10,12-13,15-16H,2-5,8,11,14,17-21H2,1H3,(H,24,25)/b7-6+,10-9+,13-12+,16-15+. The Hall–Kier alpha value is -1.28. The van der Waals surface area contributed by atoms with E-state index in [1.807, 2.05) is 0 Å². The molecule has 0 aliphatic heterocycles. The predicted molar refractivity (Wildman–Crippen MR) is 112 cm³/mol. The smallest absolute Gasteiger partial charge is 0.220 e. The number of hydrogen-bond donors (Lipinski definition) is 1. The first-order chi connectivity index (χ1) is 12.3. The third kappa shape index (κ3) is 20.7. The summed E-state index contributed by atoms with van der Waals surface area (Å²) in [7, 11) is 0. The third-order valence-corrected chi connectivity index (χ3v) is 3.84. The molecule has 0 aliphatic rings. The fraction of sp³-hybridized carbons (Fsp3) is 0.591. The minimum atomic E-state index is 0.0940. The zero-order valence-corrected chi connectivity index (χ0v) is 16.6. The summed E-state index contributed by atoms with van der Waals surface area (Å²) >= 11 is 5.51. The quantitative estimate of drug-likeness (QED) is 0.189. The lowest BCUT2D eigenvalue weighted by Gasteiger charge is -2.00. The van der Waals surface area contributed by atoms with Crippen LogP contribution in [0.3, 0.4) is 0 Å². The molecule has 3 heteroatoms. The first kappa shape index (κ1) is 23.7. The van der Waals surface area contributed by atoms with E-state index in [-0.39, 0.29) is 5.91 Å². The molecule has 1 amide bonds. The normalized spacial score (nSPS) is 12.2. The lowest BCUT2D eigenvalue weighted by Crippen LogP contribution is -2.24. The molecule has 25 heavy (non-hydrogen) atoms. The number of alkyl halides is 1. The van der Waals surface area contributed by atoms with Crippen LogP contribution in [0, 0.1) is 0 Å². The number of nitrogens with one attached hydrogen (secondary N) is 1. The van der Waals surface area contributed by atoms with Gasteiger partial charge in [-0.15, -0.1) is 11.6 Å². The van der Waals surface area contributed by atoms with E-state index in [2.05, 4.69) is 60.8 Å². The molecule has 0 aromatic rings. The molecule has 1 N–H and O–H groups in total. The molecule has 0 saturated heterocycles. The summed E-state index contributed by atoms with van der Waals surface area (Å²) in [5, 5.41) is 2.77. The molecule has 0 radical (unpaired) electrons. The van der Waals surface area contributed by atoms with Crippen LogP contribution < -0.4 is 5.32 Å². The number of carbonyl (C=O) groups excluding carboxylic acids is 1. The van der Waals surface area contributed by atoms with E-state index < -0.39 is 0 Å². The first-order valence-corrected chi connectivity index (χ1v) is 10.3. The molecule has 0 aromatic carbocycles. The molecule has 0 aliphatic carbocycles. The van der Waals surface area contributed by atoms with Crippen molar-refractivity contribution in [2.45, 2.75) is 71.1 Å². The van der Waals surface area contributed by atoms with Gasteiger partial charge in [0.15, 0.2) is 0 Å². The highest BCUT2D eigenvalue weighted by Gasteiger charge is 1.97. The Labute approximate surface area is 160 Å². The summed E-state index contributed by atoms with van der Waals surface area (Å²) in [5.41, 5.74) is 0. The van der Waals surface area contributed by atoms with Crippen molar-refractivity contribution >= 4 is 17.5 Å². The molecule has 142 valence electrons. The molecule has 0 rings (SSSR count). The number of unbranched alkanes of at least 4 members (excludes halogenated alkanes) is 4. The van der Waals surface area contributed by atoms with Crippen LogP contribution in [0.2, 0.25) is 0 Å². The molecule has 0 saturated carbocycles. The Morgan fingerprint density at radius 1 is 0.800 bits per heavy atom. The Balaban J connectivity index is 3.44. The lowest BCUT2D eigenvalue weighted by molar-refractivity contribution is -0.121. The molecule has 0 atom stereocenters. The van der Waals surface area contributed by atoms with Crippen LogP contribution >= 0.6 is 11.6 Å². The van der Waals surface area contributed by atoms with E-state index in [0.717, 1.165) is 32.1 Å². The molecule has 2 nitrogen and oxygen atoms in total. The lowest BCUT2D eigenvalue weighted by atomic mass is 10.2. The van der Waals surface area contributed by atoms with Gasteiger partial charge < -0.3 is 5.32 Å². The van der Waals surface area contributed by atoms with Crippen LogP contribution in [-0.2, 0) is 4.79 Å². The van der Waals surface area contributed by atoms with Gasteiger partial charge in [0, 0.05) is 18.8 Å². The molecule has 0 heterocycles. The zero-order valence-electron chi connectivity index (χ0n) is 15.9. The maximum atomic E-state index is 11.3. The zero-order chi connectivity index (χ0) is 18.4. The van der Waals surface area contributed by atoms with E-state index in [1.165, 1.54) is 25.7 Å². The van der Waals surface area contributed by atoms with Gasteiger partial charge in [0.25, 0.3) is 0 Å². The highest BCUT2D eigenvalue weighted by Crippen LogP contribution is 2.01. The van der Waals surface area contributed by atoms with E-state index in [1.54, 1.807) is 0 Å². The summed E-state index contributed by atoms with van der Waals surface area (Å²) < 4.78 is 0. The largest absolute Gasteiger partial charge is 0.355 e. The maximum absolute atomic E-state index is 11.3. The van der Waals surface area contributed by atoms with E-state index in [9.17, 15) is 4.79 Å². The van der Waals surface area contributed by atoms with Crippen molar-refractivity contribution in [1.82, 2.24) is 5.32 Å². The molecule has 0 fully saturated rings. The van der Waals surface area contributed by atoms with Gasteiger partial charge in [0.05, 0.1) is 0 Å². The van der Waals surface area contributed by atoms with Crippen LogP contribution in [0.25, 0.3) is 0 Å². The van der Waals surface area contributed by atoms with Crippen LogP contribution in [0.4, 0.5) is 0 Å². The van der Waals surface area contributed by atoms with Crippen LogP contribution in [0.5, 0.6) is 0 Å². The van der Waals surface area contributed by atoms with Gasteiger partial charge in [-0.2, -0.15) is 0 Å². The van der Waals surface area contributed by atoms with E-state index >= 15 is 0 Å². The van der Waals surface area contributed by atoms with Crippen LogP contribution in [0.1, 0.15) is 71.1 Å². The fourth-order valence-electron chi connectivity index (χ4n) is 2.22. The van der Waals surface area contributed by atoms with Gasteiger partial charge in [0.2, 0.25) is 5.91 Å². The average Bonchev–Trinajstić information content (AvgIpc) is 2.62. The highest BCUT2D eigenvalue weighted by molar-refractivity contribution is 6.18. The second kappa shape index (κ2) is 20.8. The van der Waals surface area contributed by atoms with Crippen molar-refractivity contribution < 1.29 is 4.79 Å². The second-order valence-corrected chi connectivity index (χ2v) is 6.40. The molecule has 0 bridgehead atoms. The minimum Gasteiger partial charge on any atom is -0.355 e. The number of allylic oxidation sites excluding steroid dienone is 8. The molecule has 0 aromatic heterocycles. The highest BCUT2D eigenvalue weighted by atomic mass is 35.5. The molecule has 0 spiro atoms. The Kier molecular flexibility index (Phi) is 19.7. The van der Waals surface area contributed by atoms with Crippen molar-refractivity contribution in [3.63, 3.8) is 0 Å². The first-order valence-electron chi connectivity index (χ1n) is 9.73. The maximum Gasteiger partial charge on any atom is 0.220 e. The van der Waals surface area contributed by atoms with Crippen LogP contribution in [-0.4, -0.2) is 18.3 Å². The predicted octanol–water partition coefficient (Wildman–Crippen LogP) is 6.49. The second-order valence-electron chi connectivity index (χ2n) is 6.02. The topological polar surface area (TPSA) is 29.1 Å². The van der Waals surface area contributed by atoms with Gasteiger partial charge in [0.1, 0.15) is 0 Å². The van der Waals surface area contributed by atoms with Gasteiger partial charge in [-0.25, -0.2) is 0 Å². The molecular weight excluding hydrogens is 330 g/mol.